The minimum absolute atomic E-state index is 0.108. The van der Waals surface area contributed by atoms with Gasteiger partial charge < -0.3 is 10.1 Å². The number of imidazole rings is 1. The molecule has 0 unspecified atom stereocenters. The molecule has 0 aliphatic heterocycles. The summed E-state index contributed by atoms with van der Waals surface area (Å²) < 4.78 is 20.0. The summed E-state index contributed by atoms with van der Waals surface area (Å²) in [4.78, 5) is 16.4. The predicted octanol–water partition coefficient (Wildman–Crippen LogP) is 3.43. The number of carbonyl (C=O) groups excluding carboxylic acids is 1. The van der Waals surface area contributed by atoms with Crippen molar-refractivity contribution in [2.45, 2.75) is 11.7 Å². The quantitative estimate of drug-likeness (QED) is 0.647. The predicted molar refractivity (Wildman–Crippen MR) is 99.1 cm³/mol. The smallest absolute Gasteiger partial charge is 0.230 e. The van der Waals surface area contributed by atoms with Gasteiger partial charge in [-0.15, -0.1) is 0 Å². The zero-order valence-corrected chi connectivity index (χ0v) is 15.0. The molecule has 1 heterocycles. The molecule has 0 bridgehead atoms. The van der Waals surface area contributed by atoms with Crippen LogP contribution < -0.4 is 10.1 Å². The van der Waals surface area contributed by atoms with Gasteiger partial charge in [0.15, 0.2) is 5.16 Å². The number of aromatic nitrogens is 2. The van der Waals surface area contributed by atoms with Gasteiger partial charge in [-0.05, 0) is 42.0 Å². The number of nitrogens with one attached hydrogen (secondary N) is 1. The molecule has 1 aromatic heterocycles. The van der Waals surface area contributed by atoms with Crippen molar-refractivity contribution >= 4 is 17.7 Å². The maximum atomic E-state index is 12.9. The lowest BCUT2D eigenvalue weighted by molar-refractivity contribution is -0.118. The van der Waals surface area contributed by atoms with E-state index in [9.17, 15) is 9.18 Å². The van der Waals surface area contributed by atoms with Gasteiger partial charge in [-0.3, -0.25) is 9.36 Å². The van der Waals surface area contributed by atoms with Gasteiger partial charge in [-0.1, -0.05) is 23.9 Å². The first-order valence-electron chi connectivity index (χ1n) is 7.97. The highest BCUT2D eigenvalue weighted by Crippen LogP contribution is 2.22. The molecule has 2 aromatic carbocycles. The number of rotatable bonds is 7. The van der Waals surface area contributed by atoms with Crippen LogP contribution in [-0.2, 0) is 11.3 Å². The molecule has 5 nitrogen and oxygen atoms in total. The van der Waals surface area contributed by atoms with Gasteiger partial charge in [0.25, 0.3) is 0 Å². The maximum absolute atomic E-state index is 12.9. The van der Waals surface area contributed by atoms with Gasteiger partial charge in [-0.2, -0.15) is 0 Å². The van der Waals surface area contributed by atoms with Gasteiger partial charge in [0.05, 0.1) is 12.9 Å². The zero-order chi connectivity index (χ0) is 18.4. The third-order valence-corrected chi connectivity index (χ3v) is 4.66. The molecule has 3 aromatic rings. The van der Waals surface area contributed by atoms with Crippen LogP contribution in [0.3, 0.4) is 0 Å². The number of hydrogen-bond acceptors (Lipinski definition) is 4. The molecule has 0 saturated heterocycles. The van der Waals surface area contributed by atoms with Crippen molar-refractivity contribution < 1.29 is 13.9 Å². The molecule has 26 heavy (non-hydrogen) atoms. The molecule has 0 fully saturated rings. The van der Waals surface area contributed by atoms with Crippen molar-refractivity contribution in [2.75, 3.05) is 12.9 Å². The molecule has 134 valence electrons. The third-order valence-electron chi connectivity index (χ3n) is 3.69. The van der Waals surface area contributed by atoms with Gasteiger partial charge >= 0.3 is 0 Å². The molecular weight excluding hydrogens is 353 g/mol. The van der Waals surface area contributed by atoms with Crippen LogP contribution in [0.15, 0.2) is 66.1 Å². The second-order valence-corrected chi connectivity index (χ2v) is 6.41. The van der Waals surface area contributed by atoms with E-state index in [1.807, 2.05) is 35.0 Å². The minimum Gasteiger partial charge on any atom is -0.497 e. The Bertz CT molecular complexity index is 863. The number of carbonyl (C=O) groups is 1. The van der Waals surface area contributed by atoms with Crippen molar-refractivity contribution in [3.05, 3.63) is 72.3 Å². The first-order valence-corrected chi connectivity index (χ1v) is 8.96. The molecule has 0 spiro atoms. The zero-order valence-electron chi connectivity index (χ0n) is 14.2. The molecule has 1 amide bonds. The standard InChI is InChI=1S/C19H18FN3O2S/c1-25-17-8-6-16(7-9-17)23-11-10-21-19(23)26-13-18(24)22-12-14-2-4-15(20)5-3-14/h2-11H,12-13H2,1H3,(H,22,24). The maximum Gasteiger partial charge on any atom is 0.230 e. The highest BCUT2D eigenvalue weighted by Gasteiger charge is 2.09. The number of hydrogen-bond donors (Lipinski definition) is 1. The fraction of sp³-hybridized carbons (Fsp3) is 0.158. The normalized spacial score (nSPS) is 10.5. The highest BCUT2D eigenvalue weighted by molar-refractivity contribution is 7.99. The minimum atomic E-state index is -0.291. The van der Waals surface area contributed by atoms with Crippen molar-refractivity contribution in [3.8, 4) is 11.4 Å². The second kappa shape index (κ2) is 8.53. The molecule has 7 heteroatoms. The number of methoxy groups -OCH3 is 1. The van der Waals surface area contributed by atoms with Gasteiger partial charge in [0.2, 0.25) is 5.91 Å². The second-order valence-electron chi connectivity index (χ2n) is 5.47. The van der Waals surface area contributed by atoms with Crippen molar-refractivity contribution in [1.29, 1.82) is 0 Å². The van der Waals surface area contributed by atoms with E-state index in [1.54, 1.807) is 25.4 Å². The lowest BCUT2D eigenvalue weighted by Crippen LogP contribution is -2.24. The Morgan fingerprint density at radius 3 is 2.62 bits per heavy atom. The summed E-state index contributed by atoms with van der Waals surface area (Å²) in [5.74, 6) is 0.627. The van der Waals surface area contributed by atoms with Gasteiger partial charge in [0, 0.05) is 24.6 Å². The Morgan fingerprint density at radius 2 is 1.92 bits per heavy atom. The molecular formula is C19H18FN3O2S. The average molecular weight is 371 g/mol. The van der Waals surface area contributed by atoms with Crippen LogP contribution in [-0.4, -0.2) is 28.3 Å². The Balaban J connectivity index is 1.55. The molecule has 0 saturated carbocycles. The van der Waals surface area contributed by atoms with Crippen LogP contribution in [0.25, 0.3) is 5.69 Å². The summed E-state index contributed by atoms with van der Waals surface area (Å²) in [6, 6.07) is 13.7. The van der Waals surface area contributed by atoms with Gasteiger partial charge in [-0.25, -0.2) is 9.37 Å². The van der Waals surface area contributed by atoms with Crippen molar-refractivity contribution in [3.63, 3.8) is 0 Å². The Morgan fingerprint density at radius 1 is 1.19 bits per heavy atom. The summed E-state index contributed by atoms with van der Waals surface area (Å²) in [5, 5.41) is 3.55. The SMILES string of the molecule is COc1ccc(-n2ccnc2SCC(=O)NCc2ccc(F)cc2)cc1. The molecule has 0 atom stereocenters. The summed E-state index contributed by atoms with van der Waals surface area (Å²) in [6.07, 6.45) is 3.55. The third kappa shape index (κ3) is 4.64. The van der Waals surface area contributed by atoms with Crippen LogP contribution in [0.2, 0.25) is 0 Å². The fourth-order valence-electron chi connectivity index (χ4n) is 2.32. The van der Waals surface area contributed by atoms with Crippen LogP contribution >= 0.6 is 11.8 Å². The monoisotopic (exact) mass is 371 g/mol. The van der Waals surface area contributed by atoms with E-state index in [0.717, 1.165) is 22.2 Å². The molecule has 3 rings (SSSR count). The number of halogens is 1. The number of amides is 1. The first kappa shape index (κ1) is 18.0. The van der Waals surface area contributed by atoms with Crippen LogP contribution in [0, 0.1) is 5.82 Å². The van der Waals surface area contributed by atoms with E-state index in [-0.39, 0.29) is 17.5 Å². The fourth-order valence-corrected chi connectivity index (χ4v) is 3.12. The van der Waals surface area contributed by atoms with E-state index < -0.39 is 0 Å². The average Bonchev–Trinajstić information content (AvgIpc) is 3.14. The lowest BCUT2D eigenvalue weighted by Gasteiger charge is -2.09. The topological polar surface area (TPSA) is 56.2 Å². The van der Waals surface area contributed by atoms with Crippen molar-refractivity contribution in [2.24, 2.45) is 0 Å². The summed E-state index contributed by atoms with van der Waals surface area (Å²) >= 11 is 1.35. The summed E-state index contributed by atoms with van der Waals surface area (Å²) in [6.45, 7) is 0.368. The van der Waals surface area contributed by atoms with E-state index in [4.69, 9.17) is 4.74 Å². The summed E-state index contributed by atoms with van der Waals surface area (Å²) in [7, 11) is 1.62. The Labute approximate surface area is 155 Å². The highest BCUT2D eigenvalue weighted by atomic mass is 32.2. The number of nitrogens with zero attached hydrogens (tertiary/aromatic N) is 2. The molecule has 0 aliphatic rings. The molecule has 1 N–H and O–H groups in total. The van der Waals surface area contributed by atoms with E-state index in [2.05, 4.69) is 10.3 Å². The Kier molecular flexibility index (Phi) is 5.91. The van der Waals surface area contributed by atoms with Crippen LogP contribution in [0.4, 0.5) is 4.39 Å². The van der Waals surface area contributed by atoms with E-state index >= 15 is 0 Å². The number of benzene rings is 2. The Hall–Kier alpha value is -2.80. The largest absolute Gasteiger partial charge is 0.497 e. The molecule has 0 aliphatic carbocycles. The van der Waals surface area contributed by atoms with E-state index in [0.29, 0.717) is 6.54 Å². The van der Waals surface area contributed by atoms with Crippen LogP contribution in [0.5, 0.6) is 5.75 Å². The first-order chi connectivity index (χ1) is 12.7. The number of thioether (sulfide) groups is 1. The van der Waals surface area contributed by atoms with Crippen LogP contribution in [0.1, 0.15) is 5.56 Å². The summed E-state index contributed by atoms with van der Waals surface area (Å²) in [5.41, 5.74) is 1.79. The van der Waals surface area contributed by atoms with E-state index in [1.165, 1.54) is 23.9 Å². The van der Waals surface area contributed by atoms with Crippen molar-refractivity contribution in [1.82, 2.24) is 14.9 Å². The number of ether oxygens (including phenoxy) is 1. The lowest BCUT2D eigenvalue weighted by atomic mass is 10.2. The van der Waals surface area contributed by atoms with Gasteiger partial charge in [0.1, 0.15) is 11.6 Å². The molecule has 0 radical (unpaired) electrons.